The lowest BCUT2D eigenvalue weighted by Gasteiger charge is -2.09. The smallest absolute Gasteiger partial charge is 0.245 e. The van der Waals surface area contributed by atoms with Gasteiger partial charge in [-0.15, -0.1) is 0 Å². The number of halogens is 1. The maximum absolute atomic E-state index is 12.8. The average Bonchev–Trinajstić information content (AvgIpc) is 2.83. The lowest BCUT2D eigenvalue weighted by molar-refractivity contribution is 0.588. The number of pyridine rings is 1. The van der Waals surface area contributed by atoms with Crippen molar-refractivity contribution < 1.29 is 8.42 Å². The van der Waals surface area contributed by atoms with Gasteiger partial charge in [-0.25, -0.2) is 17.4 Å². The molecular formula is C14H8IN3O2S. The van der Waals surface area contributed by atoms with Crippen LogP contribution in [-0.4, -0.2) is 17.4 Å². The van der Waals surface area contributed by atoms with Gasteiger partial charge in [-0.05, 0) is 40.8 Å². The van der Waals surface area contributed by atoms with Crippen LogP contribution in [0, 0.1) is 15.0 Å². The van der Waals surface area contributed by atoms with Crippen LogP contribution in [0.1, 0.15) is 5.69 Å². The number of benzene rings is 1. The maximum Gasteiger partial charge on any atom is 0.269 e. The summed E-state index contributed by atoms with van der Waals surface area (Å²) in [7, 11) is -3.71. The molecule has 2 aromatic heterocycles. The van der Waals surface area contributed by atoms with Crippen molar-refractivity contribution in [1.82, 2.24) is 8.96 Å². The minimum Gasteiger partial charge on any atom is -0.245 e. The molecule has 0 aliphatic heterocycles. The van der Waals surface area contributed by atoms with Gasteiger partial charge >= 0.3 is 0 Å². The Labute approximate surface area is 135 Å². The van der Waals surface area contributed by atoms with E-state index in [-0.39, 0.29) is 10.6 Å². The normalized spacial score (nSPS) is 11.4. The van der Waals surface area contributed by atoms with Gasteiger partial charge in [0.25, 0.3) is 10.0 Å². The van der Waals surface area contributed by atoms with Gasteiger partial charge < -0.3 is 0 Å². The molecule has 5 nitrogen and oxygen atoms in total. The van der Waals surface area contributed by atoms with E-state index in [1.807, 2.05) is 28.7 Å². The number of nitriles is 1. The number of rotatable bonds is 2. The Morgan fingerprint density at radius 2 is 1.90 bits per heavy atom. The Balaban J connectivity index is 2.35. The molecule has 1 aromatic carbocycles. The average molecular weight is 409 g/mol. The van der Waals surface area contributed by atoms with Crippen molar-refractivity contribution in [3.8, 4) is 6.07 Å². The van der Waals surface area contributed by atoms with Gasteiger partial charge in [-0.1, -0.05) is 18.2 Å². The van der Waals surface area contributed by atoms with Crippen molar-refractivity contribution in [1.29, 1.82) is 5.26 Å². The molecule has 0 atom stereocenters. The molecule has 0 spiro atoms. The summed E-state index contributed by atoms with van der Waals surface area (Å²) in [4.78, 5) is 4.17. The number of fused-ring (bicyclic) bond motifs is 1. The second-order valence-corrected chi connectivity index (χ2v) is 7.18. The molecule has 0 amide bonds. The Bertz CT molecular complexity index is 973. The Morgan fingerprint density at radius 3 is 2.57 bits per heavy atom. The zero-order chi connectivity index (χ0) is 15.0. The first-order valence-electron chi connectivity index (χ1n) is 5.92. The molecular weight excluding hydrogens is 401 g/mol. The molecule has 0 N–H and O–H groups in total. The summed E-state index contributed by atoms with van der Waals surface area (Å²) in [6.07, 6.45) is 1.51. The standard InChI is InChI=1S/C14H8IN3O2S/c15-14-6-10-9-17-11(8-16)7-13(10)18(14)21(19,20)12-4-2-1-3-5-12/h1-7,9H. The Hall–Kier alpha value is -1.92. The van der Waals surface area contributed by atoms with Crippen LogP contribution in [0.5, 0.6) is 0 Å². The first-order chi connectivity index (χ1) is 10.0. The third kappa shape index (κ3) is 2.30. The van der Waals surface area contributed by atoms with Crippen LogP contribution in [0.2, 0.25) is 0 Å². The van der Waals surface area contributed by atoms with Crippen LogP contribution >= 0.6 is 22.6 Å². The lowest BCUT2D eigenvalue weighted by Crippen LogP contribution is -2.14. The van der Waals surface area contributed by atoms with E-state index in [0.29, 0.717) is 14.6 Å². The lowest BCUT2D eigenvalue weighted by atomic mass is 10.3. The van der Waals surface area contributed by atoms with Crippen LogP contribution in [0.3, 0.4) is 0 Å². The highest BCUT2D eigenvalue weighted by Gasteiger charge is 2.22. The molecule has 3 aromatic rings. The van der Waals surface area contributed by atoms with Gasteiger partial charge in [0.1, 0.15) is 11.8 Å². The predicted molar refractivity (Wildman–Crippen MR) is 86.2 cm³/mol. The molecule has 0 saturated heterocycles. The van der Waals surface area contributed by atoms with Crippen molar-refractivity contribution in [2.24, 2.45) is 0 Å². The fourth-order valence-electron chi connectivity index (χ4n) is 2.05. The second kappa shape index (κ2) is 5.13. The third-order valence-electron chi connectivity index (χ3n) is 3.00. The fraction of sp³-hybridized carbons (Fsp3) is 0. The highest BCUT2D eigenvalue weighted by Crippen LogP contribution is 2.26. The molecule has 0 saturated carbocycles. The van der Waals surface area contributed by atoms with Gasteiger partial charge in [0.2, 0.25) is 0 Å². The molecule has 0 unspecified atom stereocenters. The van der Waals surface area contributed by atoms with Crippen molar-refractivity contribution in [2.75, 3.05) is 0 Å². The zero-order valence-corrected chi connectivity index (χ0v) is 13.5. The van der Waals surface area contributed by atoms with Crippen LogP contribution in [0.15, 0.2) is 53.6 Å². The molecule has 7 heteroatoms. The van der Waals surface area contributed by atoms with Crippen LogP contribution in [0.4, 0.5) is 0 Å². The Morgan fingerprint density at radius 1 is 1.19 bits per heavy atom. The summed E-state index contributed by atoms with van der Waals surface area (Å²) in [6.45, 7) is 0. The summed E-state index contributed by atoms with van der Waals surface area (Å²) in [6, 6.07) is 13.3. The first kappa shape index (κ1) is 14.0. The van der Waals surface area contributed by atoms with Crippen molar-refractivity contribution >= 4 is 43.5 Å². The van der Waals surface area contributed by atoms with Crippen LogP contribution < -0.4 is 0 Å². The molecule has 2 heterocycles. The minimum atomic E-state index is -3.71. The van der Waals surface area contributed by atoms with E-state index >= 15 is 0 Å². The maximum atomic E-state index is 12.8. The third-order valence-corrected chi connectivity index (χ3v) is 5.86. The monoisotopic (exact) mass is 409 g/mol. The van der Waals surface area contributed by atoms with Crippen molar-refractivity contribution in [3.05, 3.63) is 58.1 Å². The van der Waals surface area contributed by atoms with Gasteiger partial charge in [-0.2, -0.15) is 5.26 Å². The highest BCUT2D eigenvalue weighted by molar-refractivity contribution is 14.1. The summed E-state index contributed by atoms with van der Waals surface area (Å²) in [5.41, 5.74) is 0.635. The molecule has 0 radical (unpaired) electrons. The van der Waals surface area contributed by atoms with Crippen molar-refractivity contribution in [2.45, 2.75) is 4.90 Å². The Kier molecular flexibility index (Phi) is 3.43. The number of nitrogens with zero attached hydrogens (tertiary/aromatic N) is 3. The molecule has 0 bridgehead atoms. The van der Waals surface area contributed by atoms with E-state index in [9.17, 15) is 8.42 Å². The highest BCUT2D eigenvalue weighted by atomic mass is 127. The zero-order valence-electron chi connectivity index (χ0n) is 10.6. The first-order valence-corrected chi connectivity index (χ1v) is 8.43. The molecule has 104 valence electrons. The summed E-state index contributed by atoms with van der Waals surface area (Å²) in [5, 5.41) is 9.62. The molecule has 0 aliphatic rings. The number of hydrogen-bond donors (Lipinski definition) is 0. The van der Waals surface area contributed by atoms with E-state index in [0.717, 1.165) is 0 Å². The van der Waals surface area contributed by atoms with Crippen LogP contribution in [-0.2, 0) is 10.0 Å². The van der Waals surface area contributed by atoms with Gasteiger partial charge in [0.15, 0.2) is 0 Å². The number of aromatic nitrogens is 2. The molecule has 3 rings (SSSR count). The van der Waals surface area contributed by atoms with Gasteiger partial charge in [0, 0.05) is 17.6 Å². The predicted octanol–water partition coefficient (Wildman–Crippen LogP) is 2.75. The molecule has 0 fully saturated rings. The van der Waals surface area contributed by atoms with Gasteiger partial charge in [-0.3, -0.25) is 0 Å². The largest absolute Gasteiger partial charge is 0.269 e. The summed E-state index contributed by atoms with van der Waals surface area (Å²) >= 11 is 1.96. The van der Waals surface area contributed by atoms with E-state index in [2.05, 4.69) is 4.98 Å². The topological polar surface area (TPSA) is 75.8 Å². The molecule has 0 aliphatic carbocycles. The van der Waals surface area contributed by atoms with E-state index in [1.54, 1.807) is 36.4 Å². The number of hydrogen-bond acceptors (Lipinski definition) is 4. The van der Waals surface area contributed by atoms with E-state index < -0.39 is 10.0 Å². The summed E-state index contributed by atoms with van der Waals surface area (Å²) < 4.78 is 27.4. The second-order valence-electron chi connectivity index (χ2n) is 4.29. The van der Waals surface area contributed by atoms with Crippen LogP contribution in [0.25, 0.3) is 10.9 Å². The van der Waals surface area contributed by atoms with Crippen molar-refractivity contribution in [3.63, 3.8) is 0 Å². The molecule has 21 heavy (non-hydrogen) atoms. The fourth-order valence-corrected chi connectivity index (χ4v) is 4.83. The van der Waals surface area contributed by atoms with Gasteiger partial charge in [0.05, 0.1) is 14.1 Å². The van der Waals surface area contributed by atoms with E-state index in [1.165, 1.54) is 16.2 Å². The van der Waals surface area contributed by atoms with E-state index in [4.69, 9.17) is 5.26 Å². The summed E-state index contributed by atoms with van der Waals surface area (Å²) in [5.74, 6) is 0. The minimum absolute atomic E-state index is 0.182. The quantitative estimate of drug-likeness (QED) is 0.610. The SMILES string of the molecule is N#Cc1cc2c(cn1)cc(I)n2S(=O)(=O)c1ccccc1.